The molecule has 0 aliphatic carbocycles. The molecule has 2 heterocycles. The van der Waals surface area contributed by atoms with E-state index in [-0.39, 0.29) is 11.5 Å². The summed E-state index contributed by atoms with van der Waals surface area (Å²) in [4.78, 5) is 15.1. The van der Waals surface area contributed by atoms with Gasteiger partial charge in [-0.15, -0.1) is 0 Å². The number of hydrogen-bond acceptors (Lipinski definition) is 5. The summed E-state index contributed by atoms with van der Waals surface area (Å²) in [5.41, 5.74) is 1.85. The van der Waals surface area contributed by atoms with Gasteiger partial charge in [0, 0.05) is 21.7 Å². The van der Waals surface area contributed by atoms with E-state index < -0.39 is 16.0 Å². The monoisotopic (exact) mass is 429 g/mol. The van der Waals surface area contributed by atoms with Crippen LogP contribution in [0.5, 0.6) is 0 Å². The van der Waals surface area contributed by atoms with E-state index in [2.05, 4.69) is 10.1 Å². The number of carbonyl (C=O) groups excluding carboxylic acids is 1. The minimum atomic E-state index is -3.89. The molecule has 0 aliphatic rings. The minimum Gasteiger partial charge on any atom is -0.461 e. The van der Waals surface area contributed by atoms with Crippen LogP contribution in [-0.2, 0) is 14.8 Å². The quantitative estimate of drug-likeness (QED) is 0.482. The van der Waals surface area contributed by atoms with Gasteiger partial charge in [-0.1, -0.05) is 29.8 Å². The van der Waals surface area contributed by atoms with Crippen LogP contribution in [0.2, 0.25) is 5.02 Å². The zero-order valence-corrected chi connectivity index (χ0v) is 16.9. The van der Waals surface area contributed by atoms with Crippen molar-refractivity contribution in [2.75, 3.05) is 6.61 Å². The topological polar surface area (TPSA) is 94.0 Å². The Balaban J connectivity index is 1.86. The number of nitrogens with one attached hydrogen (secondary N) is 1. The summed E-state index contributed by atoms with van der Waals surface area (Å²) in [6.45, 7) is 1.99. The number of rotatable bonds is 5. The second-order valence-electron chi connectivity index (χ2n) is 6.20. The maximum Gasteiger partial charge on any atom is 0.354 e. The summed E-state index contributed by atoms with van der Waals surface area (Å²) in [7, 11) is -3.89. The summed E-state index contributed by atoms with van der Waals surface area (Å²) < 4.78 is 32.0. The van der Waals surface area contributed by atoms with Crippen LogP contribution in [0.3, 0.4) is 0 Å². The normalized spacial score (nSPS) is 11.7. The van der Waals surface area contributed by atoms with E-state index in [1.807, 2.05) is 0 Å². The van der Waals surface area contributed by atoms with E-state index in [9.17, 15) is 13.2 Å². The van der Waals surface area contributed by atoms with E-state index in [1.165, 1.54) is 18.3 Å². The molecule has 0 saturated heterocycles. The van der Waals surface area contributed by atoms with Gasteiger partial charge >= 0.3 is 5.97 Å². The fraction of sp³-hybridized carbons (Fsp3) is 0.100. The van der Waals surface area contributed by atoms with Crippen LogP contribution in [0.4, 0.5) is 0 Å². The van der Waals surface area contributed by atoms with E-state index >= 15 is 0 Å². The molecule has 2 aromatic carbocycles. The first kappa shape index (κ1) is 19.2. The smallest absolute Gasteiger partial charge is 0.354 e. The van der Waals surface area contributed by atoms with Gasteiger partial charge in [-0.2, -0.15) is 17.6 Å². The fourth-order valence-electron chi connectivity index (χ4n) is 3.06. The fourth-order valence-corrected chi connectivity index (χ4v) is 4.55. The summed E-state index contributed by atoms with van der Waals surface area (Å²) in [5, 5.41) is 5.02. The van der Waals surface area contributed by atoms with Crippen molar-refractivity contribution < 1.29 is 17.9 Å². The highest BCUT2D eigenvalue weighted by atomic mass is 35.5. The molecular weight excluding hydrogens is 414 g/mol. The first-order valence-electron chi connectivity index (χ1n) is 8.76. The highest BCUT2D eigenvalue weighted by molar-refractivity contribution is 7.90. The molecule has 0 amide bonds. The molecule has 0 aliphatic heterocycles. The predicted octanol–water partition coefficient (Wildman–Crippen LogP) is 4.10. The average Bonchev–Trinajstić information content (AvgIpc) is 3.36. The Hall–Kier alpha value is -3.10. The number of aromatic amines is 1. The van der Waals surface area contributed by atoms with Gasteiger partial charge in [0.1, 0.15) is 5.69 Å². The van der Waals surface area contributed by atoms with Crippen molar-refractivity contribution in [2.24, 2.45) is 0 Å². The molecule has 9 heteroatoms. The Morgan fingerprint density at radius 3 is 2.66 bits per heavy atom. The van der Waals surface area contributed by atoms with Crippen molar-refractivity contribution in [2.45, 2.75) is 11.8 Å². The van der Waals surface area contributed by atoms with Gasteiger partial charge in [0.2, 0.25) is 0 Å². The zero-order valence-electron chi connectivity index (χ0n) is 15.3. The van der Waals surface area contributed by atoms with Crippen LogP contribution in [-0.4, -0.2) is 35.2 Å². The first-order valence-corrected chi connectivity index (χ1v) is 10.6. The van der Waals surface area contributed by atoms with Crippen molar-refractivity contribution in [1.82, 2.24) is 14.2 Å². The number of benzene rings is 2. The van der Waals surface area contributed by atoms with Crippen molar-refractivity contribution in [3.8, 4) is 11.3 Å². The average molecular weight is 430 g/mol. The lowest BCUT2D eigenvalue weighted by molar-refractivity contribution is 0.0520. The van der Waals surface area contributed by atoms with Gasteiger partial charge in [-0.25, -0.2) is 4.79 Å². The Bertz CT molecular complexity index is 1310. The molecule has 29 heavy (non-hydrogen) atoms. The lowest BCUT2D eigenvalue weighted by atomic mass is 10.1. The molecule has 0 radical (unpaired) electrons. The van der Waals surface area contributed by atoms with Gasteiger partial charge < -0.3 is 9.72 Å². The number of nitrogens with zero attached hydrogens (tertiary/aromatic N) is 2. The van der Waals surface area contributed by atoms with Gasteiger partial charge in [-0.05, 0) is 43.3 Å². The molecule has 4 aromatic rings. The van der Waals surface area contributed by atoms with Crippen molar-refractivity contribution in [1.29, 1.82) is 0 Å². The second kappa shape index (κ2) is 7.38. The number of ether oxygens (including phenoxy) is 1. The Morgan fingerprint density at radius 1 is 1.17 bits per heavy atom. The maximum atomic E-state index is 13.0. The Morgan fingerprint density at radius 2 is 1.93 bits per heavy atom. The molecule has 2 aromatic heterocycles. The molecule has 0 atom stereocenters. The molecule has 4 rings (SSSR count). The molecule has 0 fully saturated rings. The SMILES string of the molecule is CCOC(=O)c1ccc(-c2cc(Cl)cc3c2cnn3S(=O)(=O)c2ccccc2)[nH]1. The molecule has 0 bridgehead atoms. The molecule has 0 spiro atoms. The Kier molecular flexibility index (Phi) is 4.89. The largest absolute Gasteiger partial charge is 0.461 e. The summed E-state index contributed by atoms with van der Waals surface area (Å²) in [5.74, 6) is -0.473. The molecule has 0 unspecified atom stereocenters. The van der Waals surface area contributed by atoms with Crippen molar-refractivity contribution >= 4 is 38.5 Å². The van der Waals surface area contributed by atoms with Crippen LogP contribution in [0, 0.1) is 0 Å². The van der Waals surface area contributed by atoms with Gasteiger partial charge in [0.15, 0.2) is 0 Å². The highest BCUT2D eigenvalue weighted by Crippen LogP contribution is 2.33. The molecule has 7 nitrogen and oxygen atoms in total. The second-order valence-corrected chi connectivity index (χ2v) is 8.40. The van der Waals surface area contributed by atoms with Crippen molar-refractivity contribution in [3.63, 3.8) is 0 Å². The first-order chi connectivity index (χ1) is 13.9. The number of fused-ring (bicyclic) bond motifs is 1. The molecular formula is C20H16ClN3O4S. The van der Waals surface area contributed by atoms with Gasteiger partial charge in [-0.3, -0.25) is 0 Å². The van der Waals surface area contributed by atoms with Gasteiger partial charge in [0.05, 0.1) is 23.2 Å². The maximum absolute atomic E-state index is 13.0. The number of hydrogen-bond donors (Lipinski definition) is 1. The Labute approximate surface area is 171 Å². The predicted molar refractivity (Wildman–Crippen MR) is 110 cm³/mol. The minimum absolute atomic E-state index is 0.121. The number of aromatic nitrogens is 3. The summed E-state index contributed by atoms with van der Waals surface area (Å²) in [6, 6.07) is 14.6. The van der Waals surface area contributed by atoms with Crippen molar-refractivity contribution in [3.05, 3.63) is 71.5 Å². The third-order valence-corrected chi connectivity index (χ3v) is 6.19. The van der Waals surface area contributed by atoms with E-state index in [0.29, 0.717) is 32.9 Å². The number of halogens is 1. The number of esters is 1. The van der Waals surface area contributed by atoms with Crippen LogP contribution in [0.15, 0.2) is 65.7 Å². The number of H-pyrrole nitrogens is 1. The third kappa shape index (κ3) is 3.41. The van der Waals surface area contributed by atoms with E-state index in [1.54, 1.807) is 49.4 Å². The van der Waals surface area contributed by atoms with Gasteiger partial charge in [0.25, 0.3) is 10.0 Å². The number of carbonyl (C=O) groups is 1. The summed E-state index contributed by atoms with van der Waals surface area (Å²) in [6.07, 6.45) is 1.46. The van der Waals surface area contributed by atoms with Crippen LogP contribution in [0.1, 0.15) is 17.4 Å². The molecule has 1 N–H and O–H groups in total. The summed E-state index contributed by atoms with van der Waals surface area (Å²) >= 11 is 6.28. The zero-order chi connectivity index (χ0) is 20.6. The van der Waals surface area contributed by atoms with Crippen LogP contribution in [0.25, 0.3) is 22.2 Å². The molecule has 0 saturated carbocycles. The van der Waals surface area contributed by atoms with Crippen LogP contribution < -0.4 is 0 Å². The standard InChI is InChI=1S/C20H16ClN3O4S/c1-2-28-20(25)18-9-8-17(23-18)15-10-13(21)11-19-16(15)12-22-24(19)29(26,27)14-6-4-3-5-7-14/h3-12,23H,2H2,1H3. The van der Waals surface area contributed by atoms with E-state index in [4.69, 9.17) is 16.3 Å². The molecule has 148 valence electrons. The van der Waals surface area contributed by atoms with Crippen LogP contribution >= 0.6 is 11.6 Å². The lowest BCUT2D eigenvalue weighted by Gasteiger charge is -2.07. The lowest BCUT2D eigenvalue weighted by Crippen LogP contribution is -2.14. The highest BCUT2D eigenvalue weighted by Gasteiger charge is 2.22. The third-order valence-electron chi connectivity index (χ3n) is 4.36. The van der Waals surface area contributed by atoms with E-state index in [0.717, 1.165) is 4.09 Å².